The van der Waals surface area contributed by atoms with Gasteiger partial charge in [-0.3, -0.25) is 14.4 Å². The largest absolute Gasteiger partial charge is 0.463 e. The molecule has 0 saturated carbocycles. The summed E-state index contributed by atoms with van der Waals surface area (Å²) in [4.78, 5) is 30.7. The Morgan fingerprint density at radius 3 is 2.74 bits per heavy atom. The van der Waals surface area contributed by atoms with E-state index in [1.165, 1.54) is 6.92 Å². The summed E-state index contributed by atoms with van der Waals surface area (Å²) in [5.41, 5.74) is -0.452. The van der Waals surface area contributed by atoms with E-state index in [-0.39, 0.29) is 36.5 Å². The molecule has 2 saturated heterocycles. The van der Waals surface area contributed by atoms with Gasteiger partial charge in [0.1, 0.15) is 24.4 Å². The summed E-state index contributed by atoms with van der Waals surface area (Å²) in [6, 6.07) is -0.266. The van der Waals surface area contributed by atoms with Gasteiger partial charge in [0.25, 0.3) is 0 Å². The summed E-state index contributed by atoms with van der Waals surface area (Å²) in [7, 11) is 1.81. The number of carbonyl (C=O) groups is 2. The van der Waals surface area contributed by atoms with Crippen LogP contribution in [0.25, 0.3) is 0 Å². The molecule has 0 N–H and O–H groups in total. The number of carbonyl (C=O) groups excluding carboxylic acids is 2. The van der Waals surface area contributed by atoms with Crippen LogP contribution in [0, 0.1) is 5.92 Å². The Kier molecular flexibility index (Phi) is 3.57. The summed E-state index contributed by atoms with van der Waals surface area (Å²) in [6.07, 6.45) is 0.336. The second-order valence-electron chi connectivity index (χ2n) is 5.75. The minimum atomic E-state index is -0.452. The Bertz CT molecular complexity index is 398. The first-order chi connectivity index (χ1) is 8.78. The number of esters is 1. The van der Waals surface area contributed by atoms with Crippen LogP contribution >= 0.6 is 0 Å². The van der Waals surface area contributed by atoms with Gasteiger partial charge in [-0.15, -0.1) is 0 Å². The predicted molar refractivity (Wildman–Crippen MR) is 67.8 cm³/mol. The highest BCUT2D eigenvalue weighted by molar-refractivity contribution is 5.85. The molecule has 2 rings (SSSR count). The van der Waals surface area contributed by atoms with Crippen LogP contribution in [0.3, 0.4) is 0 Å². The molecule has 2 aliphatic rings. The molecule has 0 aromatic rings. The van der Waals surface area contributed by atoms with Crippen molar-refractivity contribution < 1.29 is 19.2 Å². The SMILES string of the molecule is CC(=O)OC[C@@H]1C[C@H]2C(=O)N(C)[C@](C)(C(C)C)N2O1. The Morgan fingerprint density at radius 1 is 1.58 bits per heavy atom. The molecule has 1 amide bonds. The fraction of sp³-hybridized carbons (Fsp3) is 0.846. The van der Waals surface area contributed by atoms with Gasteiger partial charge in [0, 0.05) is 20.4 Å². The average Bonchev–Trinajstić information content (AvgIpc) is 2.83. The first-order valence-corrected chi connectivity index (χ1v) is 6.65. The lowest BCUT2D eigenvalue weighted by Gasteiger charge is -2.41. The van der Waals surface area contributed by atoms with Crippen LogP contribution in [0.1, 0.15) is 34.1 Å². The maximum atomic E-state index is 12.3. The maximum absolute atomic E-state index is 12.3. The molecular formula is C13H22N2O4. The van der Waals surface area contributed by atoms with Crippen LogP contribution in [0.15, 0.2) is 0 Å². The summed E-state index contributed by atoms with van der Waals surface area (Å²) in [5, 5.41) is 1.79. The fourth-order valence-electron chi connectivity index (χ4n) is 2.79. The molecule has 6 nitrogen and oxygen atoms in total. The van der Waals surface area contributed by atoms with Gasteiger partial charge in [-0.1, -0.05) is 13.8 Å². The molecule has 0 bridgehead atoms. The van der Waals surface area contributed by atoms with Gasteiger partial charge < -0.3 is 9.64 Å². The van der Waals surface area contributed by atoms with Crippen molar-refractivity contribution in [2.24, 2.45) is 5.92 Å². The molecule has 2 heterocycles. The van der Waals surface area contributed by atoms with Crippen LogP contribution in [-0.2, 0) is 19.2 Å². The van der Waals surface area contributed by atoms with Gasteiger partial charge in [0.05, 0.1) is 0 Å². The van der Waals surface area contributed by atoms with Gasteiger partial charge in [-0.2, -0.15) is 5.06 Å². The number of hydrogen-bond donors (Lipinski definition) is 0. The summed E-state index contributed by atoms with van der Waals surface area (Å²) in [6.45, 7) is 7.70. The predicted octanol–water partition coefficient (Wildman–Crippen LogP) is 0.768. The Morgan fingerprint density at radius 2 is 2.21 bits per heavy atom. The quantitative estimate of drug-likeness (QED) is 0.709. The summed E-state index contributed by atoms with van der Waals surface area (Å²) in [5.74, 6) is -0.0221. The third kappa shape index (κ3) is 2.12. The molecule has 19 heavy (non-hydrogen) atoms. The molecule has 0 radical (unpaired) electrons. The first-order valence-electron chi connectivity index (χ1n) is 6.65. The molecule has 0 aromatic heterocycles. The molecule has 6 heteroatoms. The Hall–Kier alpha value is -1.14. The lowest BCUT2D eigenvalue weighted by atomic mass is 9.97. The van der Waals surface area contributed by atoms with E-state index in [1.807, 2.05) is 14.0 Å². The van der Waals surface area contributed by atoms with Crippen molar-refractivity contribution in [1.29, 1.82) is 0 Å². The third-order valence-corrected chi connectivity index (χ3v) is 4.34. The molecule has 108 valence electrons. The normalized spacial score (nSPS) is 35.1. The van der Waals surface area contributed by atoms with Crippen LogP contribution in [0.2, 0.25) is 0 Å². The highest BCUT2D eigenvalue weighted by Crippen LogP contribution is 2.42. The number of ether oxygens (including phenoxy) is 1. The number of fused-ring (bicyclic) bond motifs is 1. The number of likely N-dealkylation sites (N-methyl/N-ethyl adjacent to an activating group) is 1. The van der Waals surface area contributed by atoms with E-state index in [1.54, 1.807) is 9.96 Å². The zero-order chi connectivity index (χ0) is 14.4. The van der Waals surface area contributed by atoms with Crippen LogP contribution in [0.5, 0.6) is 0 Å². The lowest BCUT2D eigenvalue weighted by Crippen LogP contribution is -2.54. The van der Waals surface area contributed by atoms with E-state index in [2.05, 4.69) is 13.8 Å². The van der Waals surface area contributed by atoms with E-state index in [0.29, 0.717) is 6.42 Å². The fourth-order valence-corrected chi connectivity index (χ4v) is 2.79. The van der Waals surface area contributed by atoms with E-state index < -0.39 is 5.66 Å². The molecule has 2 aliphatic heterocycles. The molecule has 2 fully saturated rings. The van der Waals surface area contributed by atoms with Crippen molar-refractivity contribution in [2.45, 2.75) is 51.9 Å². The monoisotopic (exact) mass is 270 g/mol. The van der Waals surface area contributed by atoms with Crippen molar-refractivity contribution in [2.75, 3.05) is 13.7 Å². The maximum Gasteiger partial charge on any atom is 0.302 e. The summed E-state index contributed by atoms with van der Waals surface area (Å²) < 4.78 is 4.97. The van der Waals surface area contributed by atoms with E-state index in [0.717, 1.165) is 0 Å². The second kappa shape index (κ2) is 4.76. The van der Waals surface area contributed by atoms with Gasteiger partial charge in [0.2, 0.25) is 5.91 Å². The van der Waals surface area contributed by atoms with Crippen molar-refractivity contribution in [3.63, 3.8) is 0 Å². The van der Waals surface area contributed by atoms with Crippen molar-refractivity contribution >= 4 is 11.9 Å². The van der Waals surface area contributed by atoms with Crippen LogP contribution in [-0.4, -0.2) is 53.3 Å². The molecule has 0 aromatic carbocycles. The van der Waals surface area contributed by atoms with Crippen LogP contribution in [0.4, 0.5) is 0 Å². The van der Waals surface area contributed by atoms with Gasteiger partial charge in [-0.05, 0) is 12.8 Å². The number of rotatable bonds is 3. The zero-order valence-corrected chi connectivity index (χ0v) is 12.2. The van der Waals surface area contributed by atoms with Crippen LogP contribution < -0.4 is 0 Å². The molecular weight excluding hydrogens is 248 g/mol. The van der Waals surface area contributed by atoms with E-state index in [9.17, 15) is 9.59 Å². The summed E-state index contributed by atoms with van der Waals surface area (Å²) >= 11 is 0. The third-order valence-electron chi connectivity index (χ3n) is 4.34. The highest BCUT2D eigenvalue weighted by Gasteiger charge is 2.59. The zero-order valence-electron chi connectivity index (χ0n) is 12.2. The van der Waals surface area contributed by atoms with Crippen molar-refractivity contribution in [3.05, 3.63) is 0 Å². The topological polar surface area (TPSA) is 59.1 Å². The Balaban J connectivity index is 2.12. The number of hydrogen-bond acceptors (Lipinski definition) is 5. The Labute approximate surface area is 113 Å². The van der Waals surface area contributed by atoms with E-state index in [4.69, 9.17) is 9.57 Å². The number of nitrogens with zero attached hydrogens (tertiary/aromatic N) is 2. The standard InChI is InChI=1S/C13H22N2O4/c1-8(2)13(4)14(5)12(17)11-6-10(19-15(11)13)7-18-9(3)16/h8,10-11H,6-7H2,1-5H3/t10-,11-,13-/m0/s1. The van der Waals surface area contributed by atoms with Crippen molar-refractivity contribution in [1.82, 2.24) is 9.96 Å². The van der Waals surface area contributed by atoms with E-state index >= 15 is 0 Å². The minimum absolute atomic E-state index is 0.0709. The first kappa shape index (κ1) is 14.3. The van der Waals surface area contributed by atoms with Gasteiger partial charge in [-0.25, -0.2) is 0 Å². The molecule has 3 atom stereocenters. The highest BCUT2D eigenvalue weighted by atomic mass is 16.7. The molecule has 0 aliphatic carbocycles. The van der Waals surface area contributed by atoms with Gasteiger partial charge in [0.15, 0.2) is 0 Å². The molecule has 0 spiro atoms. The number of amides is 1. The van der Waals surface area contributed by atoms with Crippen molar-refractivity contribution in [3.8, 4) is 0 Å². The second-order valence-corrected chi connectivity index (χ2v) is 5.75. The lowest BCUT2D eigenvalue weighted by molar-refractivity contribution is -0.242. The smallest absolute Gasteiger partial charge is 0.302 e. The minimum Gasteiger partial charge on any atom is -0.463 e. The number of hydroxylamine groups is 2. The molecule has 0 unspecified atom stereocenters. The average molecular weight is 270 g/mol. The van der Waals surface area contributed by atoms with Gasteiger partial charge >= 0.3 is 5.97 Å².